The van der Waals surface area contributed by atoms with Crippen LogP contribution in [0.15, 0.2) is 18.2 Å². The first-order valence-electron chi connectivity index (χ1n) is 8.61. The van der Waals surface area contributed by atoms with Gasteiger partial charge in [0.15, 0.2) is 0 Å². The highest BCUT2D eigenvalue weighted by molar-refractivity contribution is 5.87. The third-order valence-electron chi connectivity index (χ3n) is 4.57. The van der Waals surface area contributed by atoms with E-state index in [1.54, 1.807) is 0 Å². The lowest BCUT2D eigenvalue weighted by Crippen LogP contribution is -2.32. The van der Waals surface area contributed by atoms with Crippen molar-refractivity contribution in [2.75, 3.05) is 25.4 Å². The maximum absolute atomic E-state index is 6.12. The van der Waals surface area contributed by atoms with E-state index in [0.717, 1.165) is 30.7 Å². The molecule has 0 radical (unpaired) electrons. The number of para-hydroxylation sites is 1. The van der Waals surface area contributed by atoms with Crippen molar-refractivity contribution in [3.8, 4) is 0 Å². The number of hydrogen-bond acceptors (Lipinski definition) is 3. The summed E-state index contributed by atoms with van der Waals surface area (Å²) < 4.78 is 2.39. The van der Waals surface area contributed by atoms with Gasteiger partial charge in [0.2, 0.25) is 0 Å². The summed E-state index contributed by atoms with van der Waals surface area (Å²) in [5.41, 5.74) is 9.07. The zero-order chi connectivity index (χ0) is 15.5. The Hall–Kier alpha value is -1.55. The largest absolute Gasteiger partial charge is 0.397 e. The van der Waals surface area contributed by atoms with Gasteiger partial charge in [-0.05, 0) is 44.0 Å². The number of imidazole rings is 1. The van der Waals surface area contributed by atoms with Gasteiger partial charge < -0.3 is 15.2 Å². The molecule has 0 amide bonds. The van der Waals surface area contributed by atoms with Crippen molar-refractivity contribution in [3.05, 3.63) is 24.0 Å². The van der Waals surface area contributed by atoms with Crippen molar-refractivity contribution >= 4 is 16.7 Å². The van der Waals surface area contributed by atoms with Crippen molar-refractivity contribution in [1.82, 2.24) is 14.5 Å². The molecule has 1 aliphatic heterocycles. The minimum absolute atomic E-state index is 0.603. The number of nitrogens with zero attached hydrogens (tertiary/aromatic N) is 3. The lowest BCUT2D eigenvalue weighted by Gasteiger charge is -2.26. The highest BCUT2D eigenvalue weighted by atomic mass is 15.2. The van der Waals surface area contributed by atoms with Gasteiger partial charge >= 0.3 is 0 Å². The van der Waals surface area contributed by atoms with E-state index in [2.05, 4.69) is 29.4 Å². The van der Waals surface area contributed by atoms with Gasteiger partial charge in [-0.3, -0.25) is 0 Å². The molecule has 4 heteroatoms. The van der Waals surface area contributed by atoms with Gasteiger partial charge in [0, 0.05) is 19.5 Å². The van der Waals surface area contributed by atoms with E-state index in [0.29, 0.717) is 5.92 Å². The molecule has 22 heavy (non-hydrogen) atoms. The van der Waals surface area contributed by atoms with E-state index >= 15 is 0 Å². The fourth-order valence-corrected chi connectivity index (χ4v) is 3.41. The third-order valence-corrected chi connectivity index (χ3v) is 4.57. The highest BCUT2D eigenvalue weighted by Crippen LogP contribution is 2.23. The molecule has 0 saturated carbocycles. The van der Waals surface area contributed by atoms with E-state index in [9.17, 15) is 0 Å². The topological polar surface area (TPSA) is 47.1 Å². The Morgan fingerprint density at radius 2 is 1.91 bits per heavy atom. The summed E-state index contributed by atoms with van der Waals surface area (Å²) in [5, 5.41) is 0. The summed E-state index contributed by atoms with van der Waals surface area (Å²) in [7, 11) is 0. The highest BCUT2D eigenvalue weighted by Gasteiger charge is 2.15. The second-order valence-electron chi connectivity index (χ2n) is 6.89. The quantitative estimate of drug-likeness (QED) is 0.862. The van der Waals surface area contributed by atoms with E-state index < -0.39 is 0 Å². The number of fused-ring (bicyclic) bond motifs is 1. The number of aromatic nitrogens is 2. The van der Waals surface area contributed by atoms with Gasteiger partial charge in [0.25, 0.3) is 0 Å². The van der Waals surface area contributed by atoms with E-state index in [1.165, 1.54) is 43.7 Å². The van der Waals surface area contributed by atoms with E-state index in [1.807, 2.05) is 12.1 Å². The zero-order valence-electron chi connectivity index (χ0n) is 13.9. The number of rotatable bonds is 5. The third kappa shape index (κ3) is 3.27. The molecule has 2 aromatic rings. The second-order valence-corrected chi connectivity index (χ2v) is 6.89. The molecule has 0 aliphatic carbocycles. The van der Waals surface area contributed by atoms with E-state index in [-0.39, 0.29) is 0 Å². The average Bonchev–Trinajstić information content (AvgIpc) is 2.84. The first-order valence-corrected chi connectivity index (χ1v) is 8.61. The van der Waals surface area contributed by atoms with Crippen LogP contribution >= 0.6 is 0 Å². The smallest absolute Gasteiger partial charge is 0.112 e. The van der Waals surface area contributed by atoms with Crippen LogP contribution in [0.3, 0.4) is 0 Å². The first-order chi connectivity index (χ1) is 10.6. The van der Waals surface area contributed by atoms with Crippen LogP contribution in [-0.2, 0) is 13.0 Å². The molecule has 1 aliphatic rings. The molecule has 120 valence electrons. The number of anilines is 1. The molecule has 2 N–H and O–H groups in total. The van der Waals surface area contributed by atoms with Gasteiger partial charge in [0.05, 0.1) is 11.2 Å². The molecule has 4 nitrogen and oxygen atoms in total. The molecule has 0 bridgehead atoms. The molecule has 1 fully saturated rings. The average molecular weight is 300 g/mol. The Bertz CT molecular complexity index is 623. The number of likely N-dealkylation sites (tertiary alicyclic amines) is 1. The minimum atomic E-state index is 0.603. The Labute approximate surface area is 133 Å². The number of nitrogen functional groups attached to an aromatic ring is 1. The standard InChI is InChI=1S/C18H28N4/c1-14(2)13-17-20-18-15(19)7-6-8-16(18)22(17)12-11-21-9-4-3-5-10-21/h6-8,14H,3-5,9-13,19H2,1-2H3. The van der Waals surface area contributed by atoms with Crippen molar-refractivity contribution in [2.45, 2.75) is 46.1 Å². The molecule has 0 atom stereocenters. The van der Waals surface area contributed by atoms with Crippen LogP contribution in [0.2, 0.25) is 0 Å². The van der Waals surface area contributed by atoms with Crippen LogP contribution in [0.4, 0.5) is 5.69 Å². The second kappa shape index (κ2) is 6.69. The number of nitrogens with two attached hydrogens (primary N) is 1. The fraction of sp³-hybridized carbons (Fsp3) is 0.611. The Morgan fingerprint density at radius 3 is 2.64 bits per heavy atom. The van der Waals surface area contributed by atoms with Crippen LogP contribution in [-0.4, -0.2) is 34.1 Å². The minimum Gasteiger partial charge on any atom is -0.397 e. The van der Waals surface area contributed by atoms with Gasteiger partial charge in [-0.1, -0.05) is 26.3 Å². The zero-order valence-corrected chi connectivity index (χ0v) is 13.9. The molecule has 1 aromatic carbocycles. The monoisotopic (exact) mass is 300 g/mol. The summed E-state index contributed by atoms with van der Waals surface area (Å²) in [6.07, 6.45) is 5.08. The molecule has 2 heterocycles. The summed E-state index contributed by atoms with van der Waals surface area (Å²) >= 11 is 0. The molecular weight excluding hydrogens is 272 g/mol. The normalized spacial score (nSPS) is 16.7. The van der Waals surface area contributed by atoms with Gasteiger partial charge in [0.1, 0.15) is 11.3 Å². The fourth-order valence-electron chi connectivity index (χ4n) is 3.41. The predicted molar refractivity (Wildman–Crippen MR) is 93.0 cm³/mol. The van der Waals surface area contributed by atoms with Crippen LogP contribution < -0.4 is 5.73 Å². The Morgan fingerprint density at radius 1 is 1.14 bits per heavy atom. The van der Waals surface area contributed by atoms with Crippen molar-refractivity contribution < 1.29 is 0 Å². The molecule has 0 spiro atoms. The summed E-state index contributed by atoms with van der Waals surface area (Å²) in [6, 6.07) is 6.14. The van der Waals surface area contributed by atoms with Crippen molar-refractivity contribution in [2.24, 2.45) is 5.92 Å². The maximum Gasteiger partial charge on any atom is 0.112 e. The van der Waals surface area contributed by atoms with Crippen LogP contribution in [0.25, 0.3) is 11.0 Å². The SMILES string of the molecule is CC(C)Cc1nc2c(N)cccc2n1CCN1CCCCC1. The summed E-state index contributed by atoms with van der Waals surface area (Å²) in [4.78, 5) is 7.42. The number of piperidine rings is 1. The summed E-state index contributed by atoms with van der Waals surface area (Å²) in [6.45, 7) is 9.12. The summed E-state index contributed by atoms with van der Waals surface area (Å²) in [5.74, 6) is 1.78. The van der Waals surface area contributed by atoms with Gasteiger partial charge in [-0.15, -0.1) is 0 Å². The maximum atomic E-state index is 6.12. The first kappa shape index (κ1) is 15.3. The Kier molecular flexibility index (Phi) is 4.67. The number of benzene rings is 1. The van der Waals surface area contributed by atoms with Gasteiger partial charge in [-0.25, -0.2) is 4.98 Å². The van der Waals surface area contributed by atoms with Gasteiger partial charge in [-0.2, -0.15) is 0 Å². The molecule has 3 rings (SSSR count). The molecule has 0 unspecified atom stereocenters. The lowest BCUT2D eigenvalue weighted by atomic mass is 10.1. The van der Waals surface area contributed by atoms with Crippen molar-refractivity contribution in [3.63, 3.8) is 0 Å². The van der Waals surface area contributed by atoms with Crippen LogP contribution in [0.5, 0.6) is 0 Å². The molecule has 1 aromatic heterocycles. The van der Waals surface area contributed by atoms with Crippen molar-refractivity contribution in [1.29, 1.82) is 0 Å². The Balaban J connectivity index is 1.86. The molecule has 1 saturated heterocycles. The molecular formula is C18H28N4. The van der Waals surface area contributed by atoms with Crippen LogP contribution in [0.1, 0.15) is 38.9 Å². The van der Waals surface area contributed by atoms with E-state index in [4.69, 9.17) is 10.7 Å². The lowest BCUT2D eigenvalue weighted by molar-refractivity contribution is 0.220. The number of hydrogen-bond donors (Lipinski definition) is 1. The predicted octanol–water partition coefficient (Wildman–Crippen LogP) is 3.30. The van der Waals surface area contributed by atoms with Crippen LogP contribution in [0, 0.1) is 5.92 Å².